The molecule has 1 aromatic heterocycles. The number of ether oxygens (including phenoxy) is 1. The van der Waals surface area contributed by atoms with E-state index in [1.165, 1.54) is 35.6 Å². The first-order valence-corrected chi connectivity index (χ1v) is 10.5. The molecule has 0 aliphatic heterocycles. The fraction of sp³-hybridized carbons (Fsp3) is 0.100. The second-order valence-corrected chi connectivity index (χ2v) is 8.74. The summed E-state index contributed by atoms with van der Waals surface area (Å²) in [4.78, 5) is 16.4. The molecule has 144 valence electrons. The lowest BCUT2D eigenvalue weighted by Crippen LogP contribution is -2.26. The SMILES string of the molecule is Cc1ccc(N(C)S(=O)(=O)c2cccc(C(=O)Oc3cccnc3Br)c2)cc1. The van der Waals surface area contributed by atoms with Crippen molar-refractivity contribution in [2.24, 2.45) is 0 Å². The lowest BCUT2D eigenvalue weighted by atomic mass is 10.2. The maximum absolute atomic E-state index is 13.0. The number of aryl methyl sites for hydroxylation is 1. The molecule has 0 atom stereocenters. The highest BCUT2D eigenvalue weighted by atomic mass is 79.9. The third-order valence-corrected chi connectivity index (χ3v) is 6.43. The molecule has 0 unspecified atom stereocenters. The minimum absolute atomic E-state index is 0.00437. The monoisotopic (exact) mass is 460 g/mol. The van der Waals surface area contributed by atoms with E-state index in [1.807, 2.05) is 19.1 Å². The Morgan fingerprint density at radius 3 is 2.46 bits per heavy atom. The molecule has 28 heavy (non-hydrogen) atoms. The number of hydrogen-bond donors (Lipinski definition) is 0. The summed E-state index contributed by atoms with van der Waals surface area (Å²) in [5.74, 6) is -0.429. The van der Waals surface area contributed by atoms with Crippen molar-refractivity contribution in [3.8, 4) is 5.75 Å². The minimum Gasteiger partial charge on any atom is -0.420 e. The van der Waals surface area contributed by atoms with E-state index in [0.29, 0.717) is 10.3 Å². The van der Waals surface area contributed by atoms with Gasteiger partial charge in [-0.1, -0.05) is 23.8 Å². The zero-order valence-electron chi connectivity index (χ0n) is 15.2. The molecule has 0 N–H and O–H groups in total. The number of rotatable bonds is 5. The molecule has 2 aromatic carbocycles. The van der Waals surface area contributed by atoms with Crippen molar-refractivity contribution < 1.29 is 17.9 Å². The van der Waals surface area contributed by atoms with Crippen LogP contribution in [0.25, 0.3) is 0 Å². The average molecular weight is 461 g/mol. The van der Waals surface area contributed by atoms with E-state index in [-0.39, 0.29) is 16.2 Å². The van der Waals surface area contributed by atoms with Crippen molar-refractivity contribution in [2.45, 2.75) is 11.8 Å². The molecule has 0 aliphatic carbocycles. The molecule has 0 saturated carbocycles. The molecule has 3 rings (SSSR count). The van der Waals surface area contributed by atoms with E-state index in [4.69, 9.17) is 4.74 Å². The predicted octanol–water partition coefficient (Wildman–Crippen LogP) is 4.20. The van der Waals surface area contributed by atoms with E-state index in [1.54, 1.807) is 30.5 Å². The Morgan fingerprint density at radius 1 is 1.07 bits per heavy atom. The summed E-state index contributed by atoms with van der Waals surface area (Å²) in [5.41, 5.74) is 1.67. The van der Waals surface area contributed by atoms with Gasteiger partial charge in [0.25, 0.3) is 10.0 Å². The molecule has 0 amide bonds. The summed E-state index contributed by atoms with van der Waals surface area (Å²) in [6.07, 6.45) is 1.55. The summed E-state index contributed by atoms with van der Waals surface area (Å²) in [7, 11) is -2.37. The Labute approximate surface area is 172 Å². The zero-order valence-corrected chi connectivity index (χ0v) is 17.6. The maximum Gasteiger partial charge on any atom is 0.343 e. The van der Waals surface area contributed by atoms with Crippen LogP contribution >= 0.6 is 15.9 Å². The predicted molar refractivity (Wildman–Crippen MR) is 110 cm³/mol. The van der Waals surface area contributed by atoms with Crippen molar-refractivity contribution >= 4 is 37.6 Å². The van der Waals surface area contributed by atoms with E-state index in [2.05, 4.69) is 20.9 Å². The number of aromatic nitrogens is 1. The number of anilines is 1. The summed E-state index contributed by atoms with van der Waals surface area (Å²) in [6, 6.07) is 16.1. The van der Waals surface area contributed by atoms with Gasteiger partial charge in [-0.15, -0.1) is 0 Å². The van der Waals surface area contributed by atoms with Crippen LogP contribution in [0.3, 0.4) is 0 Å². The lowest BCUT2D eigenvalue weighted by Gasteiger charge is -2.20. The highest BCUT2D eigenvalue weighted by Crippen LogP contribution is 2.25. The van der Waals surface area contributed by atoms with Crippen LogP contribution in [0.4, 0.5) is 5.69 Å². The molecule has 1 heterocycles. The van der Waals surface area contributed by atoms with Crippen molar-refractivity contribution in [1.29, 1.82) is 0 Å². The van der Waals surface area contributed by atoms with E-state index >= 15 is 0 Å². The molecular weight excluding hydrogens is 444 g/mol. The smallest absolute Gasteiger partial charge is 0.343 e. The number of esters is 1. The van der Waals surface area contributed by atoms with Gasteiger partial charge in [0.05, 0.1) is 16.1 Å². The van der Waals surface area contributed by atoms with Gasteiger partial charge in [0.2, 0.25) is 0 Å². The molecule has 0 saturated heterocycles. The summed E-state index contributed by atoms with van der Waals surface area (Å²) in [6.45, 7) is 1.92. The maximum atomic E-state index is 13.0. The second-order valence-electron chi connectivity index (χ2n) is 6.02. The van der Waals surface area contributed by atoms with Gasteiger partial charge in [0.1, 0.15) is 4.60 Å². The summed E-state index contributed by atoms with van der Waals surface area (Å²) in [5, 5.41) is 0. The second kappa shape index (κ2) is 8.12. The minimum atomic E-state index is -3.84. The van der Waals surface area contributed by atoms with Crippen molar-refractivity contribution in [1.82, 2.24) is 4.98 Å². The normalized spacial score (nSPS) is 11.1. The fourth-order valence-electron chi connectivity index (χ4n) is 2.44. The van der Waals surface area contributed by atoms with Crippen LogP contribution in [-0.4, -0.2) is 26.4 Å². The van der Waals surface area contributed by atoms with Crippen LogP contribution < -0.4 is 9.04 Å². The number of carbonyl (C=O) groups excluding carboxylic acids is 1. The van der Waals surface area contributed by atoms with E-state index in [9.17, 15) is 13.2 Å². The Balaban J connectivity index is 1.88. The molecule has 6 nitrogen and oxygen atoms in total. The topological polar surface area (TPSA) is 76.6 Å². The molecule has 0 bridgehead atoms. The number of halogens is 1. The standard InChI is InChI=1S/C20H17BrN2O4S/c1-14-8-10-16(11-9-14)23(2)28(25,26)17-6-3-5-15(13-17)20(24)27-18-7-4-12-22-19(18)21/h3-13H,1-2H3. The first-order chi connectivity index (χ1) is 13.3. The van der Waals surface area contributed by atoms with Gasteiger partial charge < -0.3 is 4.74 Å². The quantitative estimate of drug-likeness (QED) is 0.421. The summed E-state index contributed by atoms with van der Waals surface area (Å²) < 4.78 is 32.8. The first-order valence-electron chi connectivity index (χ1n) is 8.27. The fourth-order valence-corrected chi connectivity index (χ4v) is 4.01. The average Bonchev–Trinajstić information content (AvgIpc) is 2.70. The number of hydrogen-bond acceptors (Lipinski definition) is 5. The van der Waals surface area contributed by atoms with Gasteiger partial charge in [0, 0.05) is 13.2 Å². The number of benzene rings is 2. The Kier molecular flexibility index (Phi) is 5.81. The van der Waals surface area contributed by atoms with Crippen LogP contribution in [0.15, 0.2) is 76.4 Å². The van der Waals surface area contributed by atoms with Crippen LogP contribution in [0.2, 0.25) is 0 Å². The number of carbonyl (C=O) groups is 1. The van der Waals surface area contributed by atoms with Crippen LogP contribution in [-0.2, 0) is 10.0 Å². The molecule has 8 heteroatoms. The Hall–Kier alpha value is -2.71. The van der Waals surface area contributed by atoms with E-state index < -0.39 is 16.0 Å². The number of pyridine rings is 1. The molecule has 0 fully saturated rings. The first kappa shape index (κ1) is 20.0. The van der Waals surface area contributed by atoms with Gasteiger partial charge >= 0.3 is 5.97 Å². The largest absolute Gasteiger partial charge is 0.420 e. The number of nitrogens with zero attached hydrogens (tertiary/aromatic N) is 2. The Bertz CT molecular complexity index is 1120. The highest BCUT2D eigenvalue weighted by molar-refractivity contribution is 9.10. The van der Waals surface area contributed by atoms with Gasteiger partial charge in [-0.05, 0) is 65.3 Å². The third kappa shape index (κ3) is 4.23. The van der Waals surface area contributed by atoms with Crippen LogP contribution in [0.5, 0.6) is 5.75 Å². The van der Waals surface area contributed by atoms with Gasteiger partial charge in [0.15, 0.2) is 5.75 Å². The van der Waals surface area contributed by atoms with Gasteiger partial charge in [-0.25, -0.2) is 18.2 Å². The molecule has 3 aromatic rings. The highest BCUT2D eigenvalue weighted by Gasteiger charge is 2.23. The van der Waals surface area contributed by atoms with Crippen molar-refractivity contribution in [3.05, 3.63) is 82.6 Å². The molecular formula is C20H17BrN2O4S. The molecule has 0 radical (unpaired) electrons. The Morgan fingerprint density at radius 2 is 1.79 bits per heavy atom. The third-order valence-electron chi connectivity index (χ3n) is 4.05. The van der Waals surface area contributed by atoms with Gasteiger partial charge in [-0.3, -0.25) is 4.31 Å². The van der Waals surface area contributed by atoms with Crippen LogP contribution in [0.1, 0.15) is 15.9 Å². The number of sulfonamides is 1. The molecule has 0 aliphatic rings. The summed E-state index contributed by atoms with van der Waals surface area (Å²) >= 11 is 3.20. The van der Waals surface area contributed by atoms with E-state index in [0.717, 1.165) is 5.56 Å². The van der Waals surface area contributed by atoms with Crippen molar-refractivity contribution in [3.63, 3.8) is 0 Å². The lowest BCUT2D eigenvalue weighted by molar-refractivity contribution is 0.0732. The van der Waals surface area contributed by atoms with Crippen LogP contribution in [0, 0.1) is 6.92 Å². The zero-order chi connectivity index (χ0) is 20.3. The van der Waals surface area contributed by atoms with Gasteiger partial charge in [-0.2, -0.15) is 0 Å². The van der Waals surface area contributed by atoms with Crippen molar-refractivity contribution in [2.75, 3.05) is 11.4 Å². The molecule has 0 spiro atoms.